The summed E-state index contributed by atoms with van der Waals surface area (Å²) in [7, 11) is 0. The molecule has 0 aromatic heterocycles. The smallest absolute Gasteiger partial charge is 0.125 e. The van der Waals surface area contributed by atoms with Crippen molar-refractivity contribution < 1.29 is 4.39 Å². The molecular formula is C15H15FN2. The number of rotatable bonds is 3. The van der Waals surface area contributed by atoms with Crippen molar-refractivity contribution >= 4 is 11.4 Å². The number of benzene rings is 2. The molecule has 92 valence electrons. The summed E-state index contributed by atoms with van der Waals surface area (Å²) >= 11 is 0. The van der Waals surface area contributed by atoms with Crippen LogP contribution in [0.5, 0.6) is 0 Å². The normalized spacial score (nSPS) is 11.1. The van der Waals surface area contributed by atoms with Crippen LogP contribution in [0.2, 0.25) is 0 Å². The highest BCUT2D eigenvalue weighted by Gasteiger charge is 1.98. The highest BCUT2D eigenvalue weighted by atomic mass is 19.1. The molecule has 2 rings (SSSR count). The maximum Gasteiger partial charge on any atom is 0.125 e. The number of azo groups is 1. The zero-order chi connectivity index (χ0) is 13.0. The molecule has 0 N–H and O–H groups in total. The van der Waals surface area contributed by atoms with Crippen LogP contribution in [0.15, 0.2) is 52.7 Å². The first-order valence-electron chi connectivity index (χ1n) is 5.96. The van der Waals surface area contributed by atoms with Crippen molar-refractivity contribution in [1.29, 1.82) is 0 Å². The minimum absolute atomic E-state index is 0.301. The van der Waals surface area contributed by atoms with Gasteiger partial charge in [-0.1, -0.05) is 19.1 Å². The van der Waals surface area contributed by atoms with Gasteiger partial charge in [0.1, 0.15) is 5.82 Å². The quantitative estimate of drug-likeness (QED) is 0.668. The van der Waals surface area contributed by atoms with Gasteiger partial charge in [-0.2, -0.15) is 10.2 Å². The highest BCUT2D eigenvalue weighted by molar-refractivity contribution is 5.44. The Balaban J connectivity index is 2.23. The van der Waals surface area contributed by atoms with E-state index in [0.29, 0.717) is 5.69 Å². The summed E-state index contributed by atoms with van der Waals surface area (Å²) in [4.78, 5) is 0. The second-order valence-electron chi connectivity index (χ2n) is 4.14. The maximum absolute atomic E-state index is 13.0. The van der Waals surface area contributed by atoms with Gasteiger partial charge in [-0.15, -0.1) is 0 Å². The zero-order valence-corrected chi connectivity index (χ0v) is 10.5. The largest absolute Gasteiger partial charge is 0.207 e. The number of nitrogens with zero attached hydrogens (tertiary/aromatic N) is 2. The summed E-state index contributed by atoms with van der Waals surface area (Å²) in [5.74, 6) is -0.301. The van der Waals surface area contributed by atoms with E-state index in [1.54, 1.807) is 12.1 Å². The van der Waals surface area contributed by atoms with Gasteiger partial charge in [0, 0.05) is 6.07 Å². The minimum Gasteiger partial charge on any atom is -0.207 e. The molecule has 0 aliphatic heterocycles. The molecule has 0 aliphatic rings. The van der Waals surface area contributed by atoms with E-state index >= 15 is 0 Å². The van der Waals surface area contributed by atoms with Crippen LogP contribution >= 0.6 is 0 Å². The Morgan fingerprint density at radius 2 is 1.72 bits per heavy atom. The molecule has 2 aromatic carbocycles. The van der Waals surface area contributed by atoms with E-state index in [2.05, 4.69) is 24.1 Å². The van der Waals surface area contributed by atoms with Crippen LogP contribution in [-0.4, -0.2) is 0 Å². The van der Waals surface area contributed by atoms with Gasteiger partial charge < -0.3 is 0 Å². The fourth-order valence-electron chi connectivity index (χ4n) is 1.75. The van der Waals surface area contributed by atoms with Crippen LogP contribution in [0.25, 0.3) is 0 Å². The van der Waals surface area contributed by atoms with Crippen LogP contribution < -0.4 is 0 Å². The van der Waals surface area contributed by atoms with Gasteiger partial charge in [-0.3, -0.25) is 0 Å². The van der Waals surface area contributed by atoms with Crippen molar-refractivity contribution in [2.24, 2.45) is 10.2 Å². The molecule has 0 amide bonds. The Labute approximate surface area is 106 Å². The molecule has 0 radical (unpaired) electrons. The number of halogens is 1. The molecule has 0 bridgehead atoms. The van der Waals surface area contributed by atoms with E-state index in [9.17, 15) is 4.39 Å². The fraction of sp³-hybridized carbons (Fsp3) is 0.200. The third-order valence-electron chi connectivity index (χ3n) is 2.80. The lowest BCUT2D eigenvalue weighted by Crippen LogP contribution is -1.84. The lowest BCUT2D eigenvalue weighted by molar-refractivity contribution is 0.628. The van der Waals surface area contributed by atoms with Gasteiger partial charge in [0.25, 0.3) is 0 Å². The van der Waals surface area contributed by atoms with Crippen molar-refractivity contribution in [3.63, 3.8) is 0 Å². The van der Waals surface area contributed by atoms with Gasteiger partial charge in [-0.25, -0.2) is 4.39 Å². The molecule has 18 heavy (non-hydrogen) atoms. The van der Waals surface area contributed by atoms with E-state index in [1.165, 1.54) is 23.3 Å². The maximum atomic E-state index is 13.0. The second kappa shape index (κ2) is 5.54. The predicted molar refractivity (Wildman–Crippen MR) is 71.1 cm³/mol. The lowest BCUT2D eigenvalue weighted by Gasteiger charge is -2.02. The summed E-state index contributed by atoms with van der Waals surface area (Å²) in [5, 5.41) is 8.15. The molecule has 0 heterocycles. The lowest BCUT2D eigenvalue weighted by atomic mass is 10.1. The second-order valence-corrected chi connectivity index (χ2v) is 4.14. The molecule has 0 saturated carbocycles. The van der Waals surface area contributed by atoms with E-state index in [0.717, 1.165) is 12.1 Å². The summed E-state index contributed by atoms with van der Waals surface area (Å²) in [6.45, 7) is 4.18. The average molecular weight is 242 g/mol. The molecule has 2 nitrogen and oxygen atoms in total. The standard InChI is InChI=1S/C15H15FN2/c1-3-12-9-15(8-7-11(12)2)18-17-14-6-4-5-13(16)10-14/h4-10H,3H2,1-2H3. The van der Waals surface area contributed by atoms with E-state index < -0.39 is 0 Å². The molecule has 3 heteroatoms. The van der Waals surface area contributed by atoms with E-state index in [4.69, 9.17) is 0 Å². The molecule has 0 spiro atoms. The van der Waals surface area contributed by atoms with Crippen molar-refractivity contribution in [3.8, 4) is 0 Å². The number of hydrogen-bond donors (Lipinski definition) is 0. The van der Waals surface area contributed by atoms with E-state index in [1.807, 2.05) is 18.2 Å². The van der Waals surface area contributed by atoms with Crippen LogP contribution in [0, 0.1) is 12.7 Å². The first kappa shape index (κ1) is 12.4. The van der Waals surface area contributed by atoms with Crippen molar-refractivity contribution in [2.45, 2.75) is 20.3 Å². The molecule has 0 aliphatic carbocycles. The van der Waals surface area contributed by atoms with Crippen LogP contribution in [-0.2, 0) is 6.42 Å². The molecule has 0 saturated heterocycles. The molecule has 0 atom stereocenters. The molecule has 0 fully saturated rings. The summed E-state index contributed by atoms with van der Waals surface area (Å²) in [6.07, 6.45) is 0.967. The van der Waals surface area contributed by atoms with Gasteiger partial charge in [0.2, 0.25) is 0 Å². The zero-order valence-electron chi connectivity index (χ0n) is 10.5. The third kappa shape index (κ3) is 3.00. The minimum atomic E-state index is -0.301. The number of aryl methyl sites for hydroxylation is 2. The Morgan fingerprint density at radius 1 is 1.00 bits per heavy atom. The SMILES string of the molecule is CCc1cc(N=Nc2cccc(F)c2)ccc1C. The third-order valence-corrected chi connectivity index (χ3v) is 2.80. The Bertz CT molecular complexity index is 576. The molecular weight excluding hydrogens is 227 g/mol. The van der Waals surface area contributed by atoms with Crippen molar-refractivity contribution in [2.75, 3.05) is 0 Å². The highest BCUT2D eigenvalue weighted by Crippen LogP contribution is 2.21. The van der Waals surface area contributed by atoms with Crippen LogP contribution in [0.1, 0.15) is 18.1 Å². The fourth-order valence-corrected chi connectivity index (χ4v) is 1.75. The van der Waals surface area contributed by atoms with Crippen LogP contribution in [0.3, 0.4) is 0 Å². The first-order chi connectivity index (χ1) is 8.69. The Kier molecular flexibility index (Phi) is 3.82. The van der Waals surface area contributed by atoms with Gasteiger partial charge in [0.05, 0.1) is 11.4 Å². The predicted octanol–water partition coefficient (Wildman–Crippen LogP) is 5.11. The van der Waals surface area contributed by atoms with Crippen molar-refractivity contribution in [3.05, 3.63) is 59.4 Å². The summed E-state index contributed by atoms with van der Waals surface area (Å²) in [5.41, 5.74) is 3.82. The van der Waals surface area contributed by atoms with Crippen molar-refractivity contribution in [1.82, 2.24) is 0 Å². The monoisotopic (exact) mass is 242 g/mol. The van der Waals surface area contributed by atoms with Gasteiger partial charge >= 0.3 is 0 Å². The van der Waals surface area contributed by atoms with Gasteiger partial charge in [-0.05, 0) is 48.7 Å². The Hall–Kier alpha value is -2.03. The summed E-state index contributed by atoms with van der Waals surface area (Å²) < 4.78 is 13.0. The summed E-state index contributed by atoms with van der Waals surface area (Å²) in [6, 6.07) is 12.0. The van der Waals surface area contributed by atoms with Crippen LogP contribution in [0.4, 0.5) is 15.8 Å². The van der Waals surface area contributed by atoms with E-state index in [-0.39, 0.29) is 5.82 Å². The first-order valence-corrected chi connectivity index (χ1v) is 5.96. The van der Waals surface area contributed by atoms with Gasteiger partial charge in [0.15, 0.2) is 0 Å². The molecule has 0 unspecified atom stereocenters. The Morgan fingerprint density at radius 3 is 2.39 bits per heavy atom. The topological polar surface area (TPSA) is 24.7 Å². The average Bonchev–Trinajstić information content (AvgIpc) is 2.38. The molecule has 2 aromatic rings. The number of hydrogen-bond acceptors (Lipinski definition) is 2.